The van der Waals surface area contributed by atoms with Gasteiger partial charge in [0.15, 0.2) is 0 Å². The Morgan fingerprint density at radius 3 is 2.83 bits per heavy atom. The van der Waals surface area contributed by atoms with Crippen molar-refractivity contribution < 1.29 is 0 Å². The summed E-state index contributed by atoms with van der Waals surface area (Å²) in [7, 11) is 0. The van der Waals surface area contributed by atoms with Crippen LogP contribution in [0.2, 0.25) is 0 Å². The number of hydrogen-bond acceptors (Lipinski definition) is 3. The van der Waals surface area contributed by atoms with Crippen LogP contribution in [0.3, 0.4) is 0 Å². The summed E-state index contributed by atoms with van der Waals surface area (Å²) in [6.07, 6.45) is 6.96. The third kappa shape index (κ3) is 4.06. The highest BCUT2D eigenvalue weighted by molar-refractivity contribution is 14.1. The van der Waals surface area contributed by atoms with Crippen LogP contribution in [0.1, 0.15) is 24.6 Å². The molecule has 0 aliphatic rings. The van der Waals surface area contributed by atoms with Crippen molar-refractivity contribution in [3.8, 4) is 0 Å². The Morgan fingerprint density at radius 2 is 2.22 bits per heavy atom. The fraction of sp³-hybridized carbons (Fsp3) is 0.385. The minimum absolute atomic E-state index is 0.728. The molecule has 0 fully saturated rings. The van der Waals surface area contributed by atoms with Gasteiger partial charge >= 0.3 is 0 Å². The topological polar surface area (TPSA) is 42.7 Å². The minimum atomic E-state index is 0.728. The van der Waals surface area contributed by atoms with Gasteiger partial charge in [0.1, 0.15) is 0 Å². The van der Waals surface area contributed by atoms with Crippen LogP contribution in [-0.2, 0) is 13.1 Å². The van der Waals surface area contributed by atoms with Crippen LogP contribution in [0.5, 0.6) is 0 Å². The Hall–Kier alpha value is -0.950. The van der Waals surface area contributed by atoms with E-state index in [-0.39, 0.29) is 0 Å². The number of nitrogens with one attached hydrogen (secondary N) is 1. The first-order chi connectivity index (χ1) is 8.78. The third-order valence-corrected chi connectivity index (χ3v) is 3.12. The lowest BCUT2D eigenvalue weighted by molar-refractivity contribution is 0.662. The quantitative estimate of drug-likeness (QED) is 0.639. The van der Waals surface area contributed by atoms with Gasteiger partial charge in [-0.05, 0) is 47.2 Å². The molecule has 0 amide bonds. The van der Waals surface area contributed by atoms with Gasteiger partial charge in [0.25, 0.3) is 0 Å². The highest BCUT2D eigenvalue weighted by Gasteiger charge is 1.99. The van der Waals surface area contributed by atoms with Crippen molar-refractivity contribution >= 4 is 22.6 Å². The van der Waals surface area contributed by atoms with Gasteiger partial charge in [-0.1, -0.05) is 13.0 Å². The van der Waals surface area contributed by atoms with Crippen LogP contribution < -0.4 is 5.32 Å². The fourth-order valence-corrected chi connectivity index (χ4v) is 2.10. The van der Waals surface area contributed by atoms with E-state index in [4.69, 9.17) is 0 Å². The molecule has 0 unspecified atom stereocenters. The fourth-order valence-electron chi connectivity index (χ4n) is 1.65. The smallest absolute Gasteiger partial charge is 0.0831 e. The molecule has 0 atom stereocenters. The van der Waals surface area contributed by atoms with E-state index in [1.54, 1.807) is 0 Å². The summed E-state index contributed by atoms with van der Waals surface area (Å²) in [6.45, 7) is 4.83. The van der Waals surface area contributed by atoms with E-state index in [1.807, 2.05) is 23.3 Å². The molecule has 4 nitrogen and oxygen atoms in total. The maximum Gasteiger partial charge on any atom is 0.0831 e. The predicted octanol–water partition coefficient (Wildman–Crippen LogP) is 2.43. The minimum Gasteiger partial charge on any atom is -0.313 e. The molecule has 0 radical (unpaired) electrons. The maximum absolute atomic E-state index is 4.46. The zero-order valence-corrected chi connectivity index (χ0v) is 12.6. The van der Waals surface area contributed by atoms with Crippen molar-refractivity contribution in [2.45, 2.75) is 26.4 Å². The lowest BCUT2D eigenvalue weighted by atomic mass is 10.2. The second kappa shape index (κ2) is 6.84. The molecule has 0 aromatic carbocycles. The first-order valence-corrected chi connectivity index (χ1v) is 7.18. The summed E-state index contributed by atoms with van der Waals surface area (Å²) < 4.78 is 3.05. The monoisotopic (exact) mass is 356 g/mol. The van der Waals surface area contributed by atoms with Gasteiger partial charge in [-0.25, -0.2) is 0 Å². The lowest BCUT2D eigenvalue weighted by Crippen LogP contribution is -2.14. The van der Waals surface area contributed by atoms with Gasteiger partial charge in [0.05, 0.1) is 22.0 Å². The zero-order valence-electron chi connectivity index (χ0n) is 10.4. The zero-order chi connectivity index (χ0) is 12.8. The molecule has 0 aliphatic heterocycles. The number of aromatic nitrogens is 3. The van der Waals surface area contributed by atoms with Gasteiger partial charge in [-0.15, -0.1) is 0 Å². The molecule has 0 bridgehead atoms. The van der Waals surface area contributed by atoms with Crippen molar-refractivity contribution in [2.24, 2.45) is 0 Å². The SMILES string of the molecule is CCCNCc1ccc(Cn2cc(I)cn2)nc1. The standard InChI is InChI=1S/C13H17IN4/c1-2-5-15-6-11-3-4-13(16-7-11)10-18-9-12(14)8-17-18/h3-4,7-9,15H,2,5-6,10H2,1H3. The summed E-state index contributed by atoms with van der Waals surface area (Å²) in [5.74, 6) is 0. The number of rotatable bonds is 6. The van der Waals surface area contributed by atoms with Crippen molar-refractivity contribution in [3.63, 3.8) is 0 Å². The molecule has 2 aromatic rings. The van der Waals surface area contributed by atoms with Crippen molar-refractivity contribution in [2.75, 3.05) is 6.54 Å². The molecular formula is C13H17IN4. The molecule has 1 N–H and O–H groups in total. The molecule has 0 saturated heterocycles. The average molecular weight is 356 g/mol. The molecule has 18 heavy (non-hydrogen) atoms. The Bertz CT molecular complexity index is 478. The molecule has 0 aliphatic carbocycles. The molecule has 2 aromatic heterocycles. The Morgan fingerprint density at radius 1 is 1.33 bits per heavy atom. The van der Waals surface area contributed by atoms with E-state index >= 15 is 0 Å². The third-order valence-electron chi connectivity index (χ3n) is 2.57. The van der Waals surface area contributed by atoms with Crippen LogP contribution in [-0.4, -0.2) is 21.3 Å². The lowest BCUT2D eigenvalue weighted by Gasteiger charge is -2.05. The molecule has 2 heterocycles. The van der Waals surface area contributed by atoms with Crippen LogP contribution in [0.15, 0.2) is 30.7 Å². The maximum atomic E-state index is 4.46. The predicted molar refractivity (Wildman–Crippen MR) is 80.3 cm³/mol. The molecule has 0 saturated carbocycles. The normalized spacial score (nSPS) is 10.8. The van der Waals surface area contributed by atoms with E-state index in [1.165, 1.54) is 5.56 Å². The molecule has 0 spiro atoms. The number of nitrogens with zero attached hydrogens (tertiary/aromatic N) is 3. The van der Waals surface area contributed by atoms with Gasteiger partial charge in [0, 0.05) is 18.9 Å². The summed E-state index contributed by atoms with van der Waals surface area (Å²) >= 11 is 2.26. The summed E-state index contributed by atoms with van der Waals surface area (Å²) in [6, 6.07) is 4.19. The summed E-state index contributed by atoms with van der Waals surface area (Å²) in [4.78, 5) is 4.46. The van der Waals surface area contributed by atoms with E-state index < -0.39 is 0 Å². The van der Waals surface area contributed by atoms with E-state index in [0.29, 0.717) is 0 Å². The largest absolute Gasteiger partial charge is 0.313 e. The number of hydrogen-bond donors (Lipinski definition) is 1. The number of pyridine rings is 1. The molecule has 96 valence electrons. The van der Waals surface area contributed by atoms with Gasteiger partial charge in [0.2, 0.25) is 0 Å². The van der Waals surface area contributed by atoms with Crippen molar-refractivity contribution in [3.05, 3.63) is 45.6 Å². The van der Waals surface area contributed by atoms with Gasteiger partial charge in [-0.3, -0.25) is 9.67 Å². The van der Waals surface area contributed by atoms with Crippen LogP contribution in [0, 0.1) is 3.57 Å². The Kier molecular flexibility index (Phi) is 5.12. The van der Waals surface area contributed by atoms with E-state index in [9.17, 15) is 0 Å². The molecule has 2 rings (SSSR count). The molecular weight excluding hydrogens is 339 g/mol. The highest BCUT2D eigenvalue weighted by Crippen LogP contribution is 2.05. The second-order valence-electron chi connectivity index (χ2n) is 4.19. The van der Waals surface area contributed by atoms with Gasteiger partial charge < -0.3 is 5.32 Å². The Labute approximate surface area is 121 Å². The van der Waals surface area contributed by atoms with E-state index in [0.717, 1.165) is 35.3 Å². The first kappa shape index (κ1) is 13.5. The second-order valence-corrected chi connectivity index (χ2v) is 5.44. The van der Waals surface area contributed by atoms with Gasteiger partial charge in [-0.2, -0.15) is 5.10 Å². The van der Waals surface area contributed by atoms with Crippen LogP contribution in [0.4, 0.5) is 0 Å². The molecule has 5 heteroatoms. The summed E-state index contributed by atoms with van der Waals surface area (Å²) in [5.41, 5.74) is 2.26. The Balaban J connectivity index is 1.91. The van der Waals surface area contributed by atoms with Crippen molar-refractivity contribution in [1.82, 2.24) is 20.1 Å². The summed E-state index contributed by atoms with van der Waals surface area (Å²) in [5, 5.41) is 7.62. The van der Waals surface area contributed by atoms with Crippen molar-refractivity contribution in [1.29, 1.82) is 0 Å². The van der Waals surface area contributed by atoms with Crippen LogP contribution >= 0.6 is 22.6 Å². The number of halogens is 1. The van der Waals surface area contributed by atoms with E-state index in [2.05, 4.69) is 57.0 Å². The average Bonchev–Trinajstić information content (AvgIpc) is 2.77. The highest BCUT2D eigenvalue weighted by atomic mass is 127. The first-order valence-electron chi connectivity index (χ1n) is 6.10. The van der Waals surface area contributed by atoms with Crippen LogP contribution in [0.25, 0.3) is 0 Å².